The van der Waals surface area contributed by atoms with Crippen molar-refractivity contribution in [3.63, 3.8) is 0 Å². The van der Waals surface area contributed by atoms with Crippen molar-refractivity contribution >= 4 is 13.5 Å². The number of carbonyl (C=O) groups is 1. The van der Waals surface area contributed by atoms with Crippen molar-refractivity contribution in [3.05, 3.63) is 29.3 Å². The second-order valence-corrected chi connectivity index (χ2v) is 11.0. The Morgan fingerprint density at radius 2 is 1.74 bits per heavy atom. The van der Waals surface area contributed by atoms with Crippen molar-refractivity contribution in [2.45, 2.75) is 85.0 Å². The summed E-state index contributed by atoms with van der Waals surface area (Å²) in [6, 6.07) is 5.15. The summed E-state index contributed by atoms with van der Waals surface area (Å²) in [7, 11) is -3.61. The molecule has 1 aliphatic rings. The Labute approximate surface area is 186 Å². The van der Waals surface area contributed by atoms with Crippen molar-refractivity contribution in [3.8, 4) is 5.75 Å². The number of carbonyl (C=O) groups excluding carboxylic acids is 1. The predicted molar refractivity (Wildman–Crippen MR) is 122 cm³/mol. The van der Waals surface area contributed by atoms with Crippen LogP contribution in [-0.2, 0) is 23.6 Å². The molecule has 1 aliphatic heterocycles. The molecular weight excluding hydrogens is 417 g/mol. The van der Waals surface area contributed by atoms with Gasteiger partial charge in [0.15, 0.2) is 0 Å². The van der Waals surface area contributed by atoms with Crippen LogP contribution in [0.1, 0.15) is 77.8 Å². The highest BCUT2D eigenvalue weighted by atomic mass is 31.2. The van der Waals surface area contributed by atoms with Crippen molar-refractivity contribution in [1.29, 1.82) is 0 Å². The summed E-state index contributed by atoms with van der Waals surface area (Å²) in [5.74, 6) is 0.465. The Morgan fingerprint density at radius 1 is 1.13 bits per heavy atom. The molecule has 0 aliphatic carbocycles. The highest BCUT2D eigenvalue weighted by Crippen LogP contribution is 2.48. The predicted octanol–water partition coefficient (Wildman–Crippen LogP) is 5.20. The van der Waals surface area contributed by atoms with E-state index in [1.54, 1.807) is 20.8 Å². The van der Waals surface area contributed by atoms with Crippen molar-refractivity contribution < 1.29 is 28.1 Å². The average Bonchev–Trinajstić information content (AvgIpc) is 3.19. The van der Waals surface area contributed by atoms with Crippen molar-refractivity contribution in [1.82, 2.24) is 5.09 Å². The fourth-order valence-electron chi connectivity index (χ4n) is 3.36. The molecule has 0 spiro atoms. The Balaban J connectivity index is 2.34. The van der Waals surface area contributed by atoms with Crippen LogP contribution in [0.4, 0.5) is 0 Å². The van der Waals surface area contributed by atoms with Gasteiger partial charge in [-0.05, 0) is 50.2 Å². The lowest BCUT2D eigenvalue weighted by molar-refractivity contribution is -0.149. The molecule has 0 saturated carbocycles. The SMILES string of the molecule is CC(C)OC(=O)[C@H](C)NP(=O)(CO[C@@H]1CCOC1)Oc1c(C(C)C)cccc1C(C)C. The third-order valence-electron chi connectivity index (χ3n) is 5.02. The highest BCUT2D eigenvalue weighted by molar-refractivity contribution is 7.57. The van der Waals surface area contributed by atoms with E-state index in [0.717, 1.165) is 17.5 Å². The first-order valence-corrected chi connectivity index (χ1v) is 12.9. The Morgan fingerprint density at radius 3 is 2.23 bits per heavy atom. The van der Waals surface area contributed by atoms with Crippen LogP contribution in [0.2, 0.25) is 0 Å². The number of nitrogens with one attached hydrogen (secondary N) is 1. The van der Waals surface area contributed by atoms with E-state index in [2.05, 4.69) is 32.8 Å². The van der Waals surface area contributed by atoms with Gasteiger partial charge >= 0.3 is 13.5 Å². The van der Waals surface area contributed by atoms with Gasteiger partial charge in [0.2, 0.25) is 0 Å². The van der Waals surface area contributed by atoms with Crippen molar-refractivity contribution in [2.24, 2.45) is 0 Å². The molecule has 3 atom stereocenters. The minimum atomic E-state index is -3.61. The first-order valence-electron chi connectivity index (χ1n) is 11.1. The lowest BCUT2D eigenvalue weighted by Gasteiger charge is -2.28. The minimum Gasteiger partial charge on any atom is -0.462 e. The number of benzene rings is 1. The van der Waals surface area contributed by atoms with Crippen LogP contribution in [0, 0.1) is 0 Å². The van der Waals surface area contributed by atoms with Gasteiger partial charge in [-0.3, -0.25) is 9.36 Å². The van der Waals surface area contributed by atoms with Gasteiger partial charge in [-0.1, -0.05) is 45.9 Å². The van der Waals surface area contributed by atoms with Gasteiger partial charge in [-0.2, -0.15) is 0 Å². The van der Waals surface area contributed by atoms with Gasteiger partial charge < -0.3 is 18.7 Å². The molecule has 0 radical (unpaired) electrons. The Hall–Kier alpha value is -1.40. The van der Waals surface area contributed by atoms with E-state index < -0.39 is 19.5 Å². The summed E-state index contributed by atoms with van der Waals surface area (Å²) in [6.07, 6.45) is 0.175. The van der Waals surface area contributed by atoms with Crippen LogP contribution in [0.25, 0.3) is 0 Å². The molecule has 1 fully saturated rings. The zero-order valence-electron chi connectivity index (χ0n) is 19.8. The van der Waals surface area contributed by atoms with Gasteiger partial charge in [0.05, 0.1) is 18.8 Å². The smallest absolute Gasteiger partial charge is 0.342 e. The van der Waals surface area contributed by atoms with Gasteiger partial charge in [0.25, 0.3) is 0 Å². The second-order valence-electron chi connectivity index (χ2n) is 8.96. The third kappa shape index (κ3) is 7.60. The van der Waals surface area contributed by atoms with Gasteiger partial charge in [0, 0.05) is 6.61 Å². The molecule has 1 N–H and O–H groups in total. The van der Waals surface area contributed by atoms with Crippen molar-refractivity contribution in [2.75, 3.05) is 19.6 Å². The molecule has 0 aromatic heterocycles. The molecule has 1 saturated heterocycles. The number of hydrogen-bond donors (Lipinski definition) is 1. The van der Waals surface area contributed by atoms with Gasteiger partial charge in [-0.25, -0.2) is 5.09 Å². The number of esters is 1. The Bertz CT molecular complexity index is 747. The van der Waals surface area contributed by atoms with Crippen LogP contribution in [0.15, 0.2) is 18.2 Å². The summed E-state index contributed by atoms with van der Waals surface area (Å²) < 4.78 is 36.7. The molecule has 0 bridgehead atoms. The summed E-state index contributed by atoms with van der Waals surface area (Å²) in [5, 5.41) is 2.90. The van der Waals surface area contributed by atoms with E-state index >= 15 is 0 Å². The molecular formula is C23H38NO6P. The summed E-state index contributed by atoms with van der Waals surface area (Å²) in [5.41, 5.74) is 1.93. The molecule has 2 rings (SSSR count). The summed E-state index contributed by atoms with van der Waals surface area (Å²) in [4.78, 5) is 12.4. The van der Waals surface area contributed by atoms with Crippen LogP contribution in [0.5, 0.6) is 5.75 Å². The zero-order chi connectivity index (χ0) is 23.2. The van der Waals surface area contributed by atoms with E-state index in [-0.39, 0.29) is 30.4 Å². The maximum absolute atomic E-state index is 14.0. The second kappa shape index (κ2) is 11.5. The van der Waals surface area contributed by atoms with E-state index in [4.69, 9.17) is 18.7 Å². The zero-order valence-corrected chi connectivity index (χ0v) is 20.7. The minimum absolute atomic E-state index is 0.137. The highest BCUT2D eigenvalue weighted by Gasteiger charge is 2.34. The lowest BCUT2D eigenvalue weighted by atomic mass is 9.94. The molecule has 1 heterocycles. The van der Waals surface area contributed by atoms with Crippen LogP contribution >= 0.6 is 7.52 Å². The van der Waals surface area contributed by atoms with Crippen LogP contribution < -0.4 is 9.61 Å². The first-order chi connectivity index (χ1) is 14.5. The number of para-hydroxylation sites is 1. The average molecular weight is 456 g/mol. The molecule has 7 nitrogen and oxygen atoms in total. The van der Waals surface area contributed by atoms with E-state index in [0.29, 0.717) is 19.0 Å². The first kappa shape index (κ1) is 25.9. The number of hydrogen-bond acceptors (Lipinski definition) is 6. The maximum atomic E-state index is 14.0. The normalized spacial score (nSPS) is 19.6. The van der Waals surface area contributed by atoms with Crippen LogP contribution in [0.3, 0.4) is 0 Å². The van der Waals surface area contributed by atoms with E-state index in [1.165, 1.54) is 0 Å². The molecule has 1 aromatic rings. The van der Waals surface area contributed by atoms with Gasteiger partial charge in [-0.15, -0.1) is 0 Å². The lowest BCUT2D eigenvalue weighted by Crippen LogP contribution is -2.37. The molecule has 8 heteroatoms. The maximum Gasteiger partial charge on any atom is 0.342 e. The Kier molecular flexibility index (Phi) is 9.56. The van der Waals surface area contributed by atoms with Crippen LogP contribution in [-0.4, -0.2) is 43.8 Å². The molecule has 1 aromatic carbocycles. The van der Waals surface area contributed by atoms with E-state index in [9.17, 15) is 9.36 Å². The number of ether oxygens (including phenoxy) is 3. The fraction of sp³-hybridized carbons (Fsp3) is 0.696. The molecule has 1 unspecified atom stereocenters. The largest absolute Gasteiger partial charge is 0.462 e. The molecule has 0 amide bonds. The fourth-order valence-corrected chi connectivity index (χ4v) is 5.14. The standard InChI is InChI=1S/C23H38NO6P/c1-15(2)20-9-8-10-21(16(3)4)22(20)30-31(26,14-28-19-11-12-27-13-19)24-18(7)23(25)29-17(5)6/h8-10,15-19H,11-14H2,1-7H3,(H,24,26)/t18-,19+,31?/m0/s1. The number of rotatable bonds is 11. The molecule has 31 heavy (non-hydrogen) atoms. The summed E-state index contributed by atoms with van der Waals surface area (Å²) >= 11 is 0. The monoisotopic (exact) mass is 455 g/mol. The quantitative estimate of drug-likeness (QED) is 0.363. The summed E-state index contributed by atoms with van der Waals surface area (Å²) in [6.45, 7) is 14.5. The van der Waals surface area contributed by atoms with Gasteiger partial charge in [0.1, 0.15) is 18.1 Å². The third-order valence-corrected chi connectivity index (χ3v) is 6.77. The van der Waals surface area contributed by atoms with E-state index in [1.807, 2.05) is 18.2 Å². The molecule has 176 valence electrons. The topological polar surface area (TPSA) is 83.1 Å².